The van der Waals surface area contributed by atoms with E-state index in [1.807, 2.05) is 47.4 Å². The Hall–Kier alpha value is -2.17. The molecule has 152 valence electrons. The summed E-state index contributed by atoms with van der Waals surface area (Å²) in [6.07, 6.45) is 3.81. The number of rotatable bonds is 7. The molecule has 0 spiro atoms. The predicted octanol–water partition coefficient (Wildman–Crippen LogP) is 2.39. The van der Waals surface area contributed by atoms with Crippen LogP contribution in [0.15, 0.2) is 29.4 Å². The van der Waals surface area contributed by atoms with E-state index in [0.717, 1.165) is 54.8 Å². The minimum atomic E-state index is 0. The van der Waals surface area contributed by atoms with Crippen molar-refractivity contribution in [3.05, 3.63) is 47.2 Å². The highest BCUT2D eigenvalue weighted by molar-refractivity contribution is 14.0. The molecule has 8 nitrogen and oxygen atoms in total. The maximum Gasteiger partial charge on any atom is 0.191 e. The zero-order chi connectivity index (χ0) is 19.2. The minimum absolute atomic E-state index is 0. The summed E-state index contributed by atoms with van der Waals surface area (Å²) in [5.74, 6) is 1.81. The normalized spacial score (nSPS) is 11.5. The largest absolute Gasteiger partial charge is 0.357 e. The lowest BCUT2D eigenvalue weighted by atomic mass is 10.2. The first-order valence-corrected chi connectivity index (χ1v) is 9.40. The van der Waals surface area contributed by atoms with Gasteiger partial charge in [-0.2, -0.15) is 5.10 Å². The van der Waals surface area contributed by atoms with Crippen LogP contribution < -0.4 is 10.6 Å². The lowest BCUT2D eigenvalue weighted by Crippen LogP contribution is -2.37. The highest BCUT2D eigenvalue weighted by Crippen LogP contribution is 2.12. The average molecular weight is 496 g/mol. The van der Waals surface area contributed by atoms with E-state index in [4.69, 9.17) is 4.99 Å². The van der Waals surface area contributed by atoms with Gasteiger partial charge in [0.1, 0.15) is 5.82 Å². The maximum absolute atomic E-state index is 4.71. The summed E-state index contributed by atoms with van der Waals surface area (Å²) in [5, 5.41) is 19.6. The van der Waals surface area contributed by atoms with Gasteiger partial charge < -0.3 is 10.6 Å². The Kier molecular flexibility index (Phi) is 8.21. The number of aryl methyl sites for hydroxylation is 3. The molecule has 3 aromatic heterocycles. The maximum atomic E-state index is 4.71. The first-order chi connectivity index (χ1) is 13.1. The number of fused-ring (bicyclic) bond motifs is 1. The molecular formula is C19H29IN8. The van der Waals surface area contributed by atoms with E-state index in [0.29, 0.717) is 6.54 Å². The van der Waals surface area contributed by atoms with E-state index in [-0.39, 0.29) is 24.0 Å². The molecule has 0 aromatic carbocycles. The Morgan fingerprint density at radius 1 is 1.18 bits per heavy atom. The summed E-state index contributed by atoms with van der Waals surface area (Å²) < 4.78 is 3.94. The smallest absolute Gasteiger partial charge is 0.191 e. The Labute approximate surface area is 182 Å². The monoisotopic (exact) mass is 496 g/mol. The molecule has 0 unspecified atom stereocenters. The summed E-state index contributed by atoms with van der Waals surface area (Å²) in [6.45, 7) is 8.44. The van der Waals surface area contributed by atoms with Crippen LogP contribution >= 0.6 is 24.0 Å². The number of halogens is 1. The van der Waals surface area contributed by atoms with Gasteiger partial charge in [0, 0.05) is 44.0 Å². The second-order valence-electron chi connectivity index (χ2n) is 6.54. The SMILES string of the molecule is CCNC(=NCc1c(C)nn(C)c1C)NCCCc1nnc2ccccn12.I. The van der Waals surface area contributed by atoms with Crippen molar-refractivity contribution >= 4 is 35.6 Å². The Morgan fingerprint density at radius 2 is 2.00 bits per heavy atom. The number of hydrogen-bond donors (Lipinski definition) is 2. The standard InChI is InChI=1S/C19H28N8.HI/c1-5-20-19(22-13-16-14(2)25-26(4)15(16)3)21-11-8-10-18-24-23-17-9-6-7-12-27(17)18;/h6-7,9,12H,5,8,10-11,13H2,1-4H3,(H2,20,21,22);1H. The number of pyridine rings is 1. The lowest BCUT2D eigenvalue weighted by Gasteiger charge is -2.11. The predicted molar refractivity (Wildman–Crippen MR) is 122 cm³/mol. The van der Waals surface area contributed by atoms with Crippen molar-refractivity contribution in [2.45, 2.75) is 40.2 Å². The van der Waals surface area contributed by atoms with Crippen LogP contribution in [0.2, 0.25) is 0 Å². The van der Waals surface area contributed by atoms with Crippen LogP contribution in [0.25, 0.3) is 5.65 Å². The average Bonchev–Trinajstić information content (AvgIpc) is 3.18. The van der Waals surface area contributed by atoms with Crippen molar-refractivity contribution < 1.29 is 0 Å². The molecule has 28 heavy (non-hydrogen) atoms. The second kappa shape index (κ2) is 10.4. The molecule has 3 aromatic rings. The van der Waals surface area contributed by atoms with Crippen LogP contribution in [0.3, 0.4) is 0 Å². The minimum Gasteiger partial charge on any atom is -0.357 e. The van der Waals surface area contributed by atoms with Crippen LogP contribution in [0.4, 0.5) is 0 Å². The number of aliphatic imine (C=N–C) groups is 1. The number of guanidine groups is 1. The highest BCUT2D eigenvalue weighted by Gasteiger charge is 2.09. The fourth-order valence-corrected chi connectivity index (χ4v) is 3.06. The topological polar surface area (TPSA) is 84.4 Å². The highest BCUT2D eigenvalue weighted by atomic mass is 127. The molecule has 0 saturated carbocycles. The van der Waals surface area contributed by atoms with Crippen LogP contribution in [0.1, 0.15) is 36.1 Å². The molecule has 0 bridgehead atoms. The van der Waals surface area contributed by atoms with Gasteiger partial charge in [0.15, 0.2) is 11.6 Å². The molecule has 0 aliphatic heterocycles. The third-order valence-electron chi connectivity index (χ3n) is 4.65. The molecule has 0 atom stereocenters. The Balaban J connectivity index is 0.00000280. The van der Waals surface area contributed by atoms with Crippen molar-refractivity contribution in [3.63, 3.8) is 0 Å². The van der Waals surface area contributed by atoms with E-state index in [2.05, 4.69) is 39.8 Å². The van der Waals surface area contributed by atoms with Crippen molar-refractivity contribution in [3.8, 4) is 0 Å². The zero-order valence-electron chi connectivity index (χ0n) is 16.9. The molecule has 9 heteroatoms. The Bertz CT molecular complexity index is 927. The number of nitrogens with one attached hydrogen (secondary N) is 2. The summed E-state index contributed by atoms with van der Waals surface area (Å²) in [4.78, 5) is 4.71. The number of nitrogens with zero attached hydrogens (tertiary/aromatic N) is 6. The van der Waals surface area contributed by atoms with Gasteiger partial charge in [-0.3, -0.25) is 9.08 Å². The van der Waals surface area contributed by atoms with Gasteiger partial charge in [0.2, 0.25) is 0 Å². The summed E-state index contributed by atoms with van der Waals surface area (Å²) >= 11 is 0. The Morgan fingerprint density at radius 3 is 2.71 bits per heavy atom. The van der Waals surface area contributed by atoms with Gasteiger partial charge in [0.25, 0.3) is 0 Å². The third-order valence-corrected chi connectivity index (χ3v) is 4.65. The van der Waals surface area contributed by atoms with Crippen LogP contribution in [-0.4, -0.2) is 43.4 Å². The molecule has 2 N–H and O–H groups in total. The quantitative estimate of drug-likeness (QED) is 0.227. The van der Waals surface area contributed by atoms with Gasteiger partial charge >= 0.3 is 0 Å². The van der Waals surface area contributed by atoms with Gasteiger partial charge in [-0.25, -0.2) is 4.99 Å². The molecule has 0 radical (unpaired) electrons. The number of aromatic nitrogens is 5. The number of hydrogen-bond acceptors (Lipinski definition) is 4. The molecule has 0 fully saturated rings. The molecule has 0 amide bonds. The lowest BCUT2D eigenvalue weighted by molar-refractivity contribution is 0.714. The summed E-state index contributed by atoms with van der Waals surface area (Å²) in [5.41, 5.74) is 4.27. The van der Waals surface area contributed by atoms with Gasteiger partial charge in [-0.15, -0.1) is 34.2 Å². The van der Waals surface area contributed by atoms with Crippen molar-refractivity contribution in [2.75, 3.05) is 13.1 Å². The first kappa shape index (κ1) is 22.1. The van der Waals surface area contributed by atoms with E-state index in [1.165, 1.54) is 5.56 Å². The molecule has 0 aliphatic rings. The molecule has 0 aliphatic carbocycles. The first-order valence-electron chi connectivity index (χ1n) is 9.40. The molecule has 3 rings (SSSR count). The van der Waals surface area contributed by atoms with E-state index >= 15 is 0 Å². The third kappa shape index (κ3) is 5.21. The van der Waals surface area contributed by atoms with E-state index in [1.54, 1.807) is 0 Å². The summed E-state index contributed by atoms with van der Waals surface area (Å²) in [6, 6.07) is 5.93. The van der Waals surface area contributed by atoms with E-state index < -0.39 is 0 Å². The van der Waals surface area contributed by atoms with Gasteiger partial charge in [0.05, 0.1) is 12.2 Å². The molecular weight excluding hydrogens is 467 g/mol. The van der Waals surface area contributed by atoms with Crippen molar-refractivity contribution in [1.29, 1.82) is 0 Å². The second-order valence-corrected chi connectivity index (χ2v) is 6.54. The van der Waals surface area contributed by atoms with Crippen LogP contribution in [0, 0.1) is 13.8 Å². The zero-order valence-corrected chi connectivity index (χ0v) is 19.3. The van der Waals surface area contributed by atoms with Crippen LogP contribution in [0.5, 0.6) is 0 Å². The van der Waals surface area contributed by atoms with Crippen LogP contribution in [-0.2, 0) is 20.0 Å². The van der Waals surface area contributed by atoms with Gasteiger partial charge in [-0.1, -0.05) is 6.07 Å². The van der Waals surface area contributed by atoms with E-state index in [9.17, 15) is 0 Å². The summed E-state index contributed by atoms with van der Waals surface area (Å²) in [7, 11) is 1.97. The molecule has 0 saturated heterocycles. The van der Waals surface area contributed by atoms with Crippen molar-refractivity contribution in [1.82, 2.24) is 35.0 Å². The van der Waals surface area contributed by atoms with Crippen molar-refractivity contribution in [2.24, 2.45) is 12.0 Å². The fourth-order valence-electron chi connectivity index (χ4n) is 3.06. The van der Waals surface area contributed by atoms with Gasteiger partial charge in [-0.05, 0) is 39.3 Å². The fraction of sp³-hybridized carbons (Fsp3) is 0.474. The molecule has 3 heterocycles.